The van der Waals surface area contributed by atoms with Gasteiger partial charge in [0, 0.05) is 24.2 Å². The SMILES string of the molecule is CCCCNC(=O)C(C)N(Cc1ccccc1)C(=O)CN(c1ccc(Cl)cc1)S(=O)(=O)c1ccc(OC)c(OC)c1. The number of nitrogens with zero attached hydrogens (tertiary/aromatic N) is 2. The minimum absolute atomic E-state index is 0.0992. The molecule has 9 nitrogen and oxygen atoms in total. The Morgan fingerprint density at radius 3 is 2.22 bits per heavy atom. The van der Waals surface area contributed by atoms with Crippen LogP contribution >= 0.6 is 11.6 Å². The van der Waals surface area contributed by atoms with E-state index in [1.165, 1.54) is 49.5 Å². The van der Waals surface area contributed by atoms with Crippen LogP contribution in [0.25, 0.3) is 0 Å². The van der Waals surface area contributed by atoms with Crippen LogP contribution in [-0.4, -0.2) is 58.5 Å². The second kappa shape index (κ2) is 14.7. The van der Waals surface area contributed by atoms with Crippen molar-refractivity contribution < 1.29 is 27.5 Å². The molecule has 1 atom stereocenters. The number of anilines is 1. The summed E-state index contributed by atoms with van der Waals surface area (Å²) in [4.78, 5) is 28.3. The lowest BCUT2D eigenvalue weighted by Crippen LogP contribution is -2.51. The van der Waals surface area contributed by atoms with Gasteiger partial charge in [0.2, 0.25) is 11.8 Å². The summed E-state index contributed by atoms with van der Waals surface area (Å²) < 4.78 is 39.6. The summed E-state index contributed by atoms with van der Waals surface area (Å²) in [5.74, 6) is -0.286. The van der Waals surface area contributed by atoms with Crippen LogP contribution in [0, 0.1) is 0 Å². The van der Waals surface area contributed by atoms with Gasteiger partial charge in [-0.15, -0.1) is 0 Å². The molecule has 0 bridgehead atoms. The number of rotatable bonds is 14. The average molecular weight is 602 g/mol. The zero-order valence-electron chi connectivity index (χ0n) is 23.7. The van der Waals surface area contributed by atoms with E-state index in [4.69, 9.17) is 21.1 Å². The van der Waals surface area contributed by atoms with Crippen LogP contribution in [0.1, 0.15) is 32.3 Å². The first-order chi connectivity index (χ1) is 19.6. The molecule has 0 spiro atoms. The Bertz CT molecular complexity index is 1420. The highest BCUT2D eigenvalue weighted by molar-refractivity contribution is 7.92. The molecule has 3 aromatic rings. The topological polar surface area (TPSA) is 105 Å². The third kappa shape index (κ3) is 8.14. The monoisotopic (exact) mass is 601 g/mol. The van der Waals surface area contributed by atoms with Crippen LogP contribution in [0.5, 0.6) is 11.5 Å². The predicted octanol–water partition coefficient (Wildman–Crippen LogP) is 4.89. The number of carbonyl (C=O) groups excluding carboxylic acids is 2. The molecular formula is C30H36ClN3O6S. The van der Waals surface area contributed by atoms with Gasteiger partial charge < -0.3 is 19.7 Å². The highest BCUT2D eigenvalue weighted by atomic mass is 35.5. The molecule has 1 unspecified atom stereocenters. The molecule has 3 rings (SSSR count). The van der Waals surface area contributed by atoms with Crippen molar-refractivity contribution in [2.45, 2.75) is 44.2 Å². The van der Waals surface area contributed by atoms with Gasteiger partial charge in [0.25, 0.3) is 10.0 Å². The Morgan fingerprint density at radius 2 is 1.61 bits per heavy atom. The number of carbonyl (C=O) groups is 2. The standard InChI is InChI=1S/C30H36ClN3O6S/c1-5-6-18-32-30(36)22(2)33(20-23-10-8-7-9-11-23)29(35)21-34(25-14-12-24(31)13-15-25)41(37,38)26-16-17-27(39-3)28(19-26)40-4/h7-17,19,22H,5-6,18,20-21H2,1-4H3,(H,32,36). The van der Waals surface area contributed by atoms with Crippen LogP contribution < -0.4 is 19.1 Å². The third-order valence-corrected chi connectivity index (χ3v) is 8.55. The van der Waals surface area contributed by atoms with Crippen LogP contribution in [0.15, 0.2) is 77.7 Å². The molecule has 0 saturated heterocycles. The molecule has 0 fully saturated rings. The molecule has 0 aliphatic heterocycles. The van der Waals surface area contributed by atoms with Crippen molar-refractivity contribution >= 4 is 39.1 Å². The number of unbranched alkanes of at least 4 members (excludes halogenated alkanes) is 1. The van der Waals surface area contributed by atoms with Gasteiger partial charge in [-0.25, -0.2) is 8.42 Å². The summed E-state index contributed by atoms with van der Waals surface area (Å²) in [5, 5.41) is 3.28. The van der Waals surface area contributed by atoms with Gasteiger partial charge in [0.15, 0.2) is 11.5 Å². The van der Waals surface area contributed by atoms with E-state index >= 15 is 0 Å². The normalized spacial score (nSPS) is 11.8. The number of amides is 2. The van der Waals surface area contributed by atoms with E-state index in [2.05, 4.69) is 5.32 Å². The minimum Gasteiger partial charge on any atom is -0.493 e. The van der Waals surface area contributed by atoms with E-state index in [1.54, 1.807) is 19.1 Å². The quantitative estimate of drug-likeness (QED) is 0.264. The van der Waals surface area contributed by atoms with Gasteiger partial charge in [0.05, 0.1) is 24.8 Å². The van der Waals surface area contributed by atoms with Crippen LogP contribution in [0.4, 0.5) is 5.69 Å². The third-order valence-electron chi connectivity index (χ3n) is 6.53. The zero-order valence-corrected chi connectivity index (χ0v) is 25.2. The molecule has 1 N–H and O–H groups in total. The first-order valence-electron chi connectivity index (χ1n) is 13.2. The van der Waals surface area contributed by atoms with E-state index in [9.17, 15) is 18.0 Å². The van der Waals surface area contributed by atoms with Crippen molar-refractivity contribution in [3.63, 3.8) is 0 Å². The summed E-state index contributed by atoms with van der Waals surface area (Å²) >= 11 is 6.08. The number of methoxy groups -OCH3 is 2. The maximum Gasteiger partial charge on any atom is 0.264 e. The van der Waals surface area contributed by atoms with E-state index < -0.39 is 28.5 Å². The molecule has 0 radical (unpaired) electrons. The van der Waals surface area contributed by atoms with Gasteiger partial charge in [0.1, 0.15) is 12.6 Å². The lowest BCUT2D eigenvalue weighted by Gasteiger charge is -2.32. The molecule has 0 aromatic heterocycles. The molecule has 0 heterocycles. The van der Waals surface area contributed by atoms with E-state index in [-0.39, 0.29) is 28.8 Å². The van der Waals surface area contributed by atoms with Crippen molar-refractivity contribution in [1.82, 2.24) is 10.2 Å². The van der Waals surface area contributed by atoms with Crippen molar-refractivity contribution in [1.29, 1.82) is 0 Å². The lowest BCUT2D eigenvalue weighted by atomic mass is 10.1. The summed E-state index contributed by atoms with van der Waals surface area (Å²) in [6, 6.07) is 18.7. The van der Waals surface area contributed by atoms with Gasteiger partial charge >= 0.3 is 0 Å². The van der Waals surface area contributed by atoms with Crippen LogP contribution in [0.3, 0.4) is 0 Å². The molecule has 2 amide bonds. The zero-order chi connectivity index (χ0) is 30.0. The van der Waals surface area contributed by atoms with Crippen molar-refractivity contribution in [2.75, 3.05) is 31.6 Å². The number of ether oxygens (including phenoxy) is 2. The Labute approximate surface area is 247 Å². The molecule has 3 aromatic carbocycles. The Hall–Kier alpha value is -3.76. The largest absolute Gasteiger partial charge is 0.493 e. The summed E-state index contributed by atoms with van der Waals surface area (Å²) in [5.41, 5.74) is 1.03. The van der Waals surface area contributed by atoms with E-state index in [0.29, 0.717) is 17.3 Å². The first kappa shape index (κ1) is 31.8. The fraction of sp³-hybridized carbons (Fsp3) is 0.333. The molecule has 0 aliphatic rings. The summed E-state index contributed by atoms with van der Waals surface area (Å²) in [6.07, 6.45) is 1.71. The number of sulfonamides is 1. The highest BCUT2D eigenvalue weighted by Gasteiger charge is 2.33. The lowest BCUT2D eigenvalue weighted by molar-refractivity contribution is -0.139. The molecule has 220 valence electrons. The summed E-state index contributed by atoms with van der Waals surface area (Å²) in [6.45, 7) is 3.70. The fourth-order valence-corrected chi connectivity index (χ4v) is 5.70. The van der Waals surface area contributed by atoms with Gasteiger partial charge in [-0.1, -0.05) is 55.3 Å². The van der Waals surface area contributed by atoms with Gasteiger partial charge in [-0.2, -0.15) is 0 Å². The van der Waals surface area contributed by atoms with Gasteiger partial charge in [-0.3, -0.25) is 13.9 Å². The van der Waals surface area contributed by atoms with E-state index in [0.717, 1.165) is 22.7 Å². The Balaban J connectivity index is 2.02. The molecule has 0 saturated carbocycles. The second-order valence-corrected chi connectivity index (χ2v) is 11.6. The Kier molecular flexibility index (Phi) is 11.4. The van der Waals surface area contributed by atoms with Crippen LogP contribution in [0.2, 0.25) is 5.02 Å². The highest BCUT2D eigenvalue weighted by Crippen LogP contribution is 2.32. The molecule has 0 aliphatic carbocycles. The number of benzene rings is 3. The van der Waals surface area contributed by atoms with Gasteiger partial charge in [-0.05, 0) is 55.3 Å². The maximum absolute atomic E-state index is 14.0. The molecule has 11 heteroatoms. The number of hydrogen-bond acceptors (Lipinski definition) is 6. The maximum atomic E-state index is 14.0. The van der Waals surface area contributed by atoms with E-state index in [1.807, 2.05) is 37.3 Å². The van der Waals surface area contributed by atoms with Crippen LogP contribution in [-0.2, 0) is 26.2 Å². The van der Waals surface area contributed by atoms with Crippen molar-refractivity contribution in [3.05, 3.63) is 83.4 Å². The Morgan fingerprint density at radius 1 is 0.951 bits per heavy atom. The summed E-state index contributed by atoms with van der Waals surface area (Å²) in [7, 11) is -1.43. The smallest absolute Gasteiger partial charge is 0.264 e. The number of hydrogen-bond donors (Lipinski definition) is 1. The minimum atomic E-state index is -4.28. The molecular weight excluding hydrogens is 566 g/mol. The predicted molar refractivity (Wildman–Crippen MR) is 160 cm³/mol. The fourth-order valence-electron chi connectivity index (χ4n) is 4.14. The van der Waals surface area contributed by atoms with Crippen molar-refractivity contribution in [3.8, 4) is 11.5 Å². The molecule has 41 heavy (non-hydrogen) atoms. The number of nitrogens with one attached hydrogen (secondary N) is 1. The first-order valence-corrected chi connectivity index (χ1v) is 15.1. The second-order valence-electron chi connectivity index (χ2n) is 9.33. The average Bonchev–Trinajstić information content (AvgIpc) is 2.98. The number of halogens is 1. The van der Waals surface area contributed by atoms with Crippen molar-refractivity contribution in [2.24, 2.45) is 0 Å².